The molecule has 94 valence electrons. The summed E-state index contributed by atoms with van der Waals surface area (Å²) in [6.45, 7) is -0.893. The van der Waals surface area contributed by atoms with E-state index in [1.54, 1.807) is 0 Å². The van der Waals surface area contributed by atoms with Gasteiger partial charge < -0.3 is 35.0 Å². The molecule has 8 nitrogen and oxygen atoms in total. The van der Waals surface area contributed by atoms with Crippen molar-refractivity contribution >= 4 is 5.97 Å². The third-order valence-electron chi connectivity index (χ3n) is 2.19. The van der Waals surface area contributed by atoms with Crippen LogP contribution in [0.2, 0.25) is 0 Å². The lowest BCUT2D eigenvalue weighted by Gasteiger charge is -2.38. The largest absolute Gasteiger partial charge is 0.480 e. The van der Waals surface area contributed by atoms with Gasteiger partial charge in [0.25, 0.3) is 0 Å². The molecule has 0 bridgehead atoms. The molecule has 1 fully saturated rings. The van der Waals surface area contributed by atoms with Crippen LogP contribution >= 0.6 is 0 Å². The number of aliphatic hydroxyl groups is 4. The number of carboxylic acid groups (broad SMARTS) is 1. The highest BCUT2D eigenvalue weighted by Gasteiger charge is 2.42. The molecule has 0 radical (unpaired) electrons. The molecular formula is C8H14O8. The van der Waals surface area contributed by atoms with Crippen LogP contribution in [-0.2, 0) is 14.3 Å². The highest BCUT2D eigenvalue weighted by molar-refractivity contribution is 5.67. The first kappa shape index (κ1) is 13.3. The molecule has 16 heavy (non-hydrogen) atoms. The van der Waals surface area contributed by atoms with Gasteiger partial charge in [-0.3, -0.25) is 0 Å². The molecule has 1 rings (SSSR count). The molecule has 0 aromatic carbocycles. The first-order valence-corrected chi connectivity index (χ1v) is 4.60. The van der Waals surface area contributed by atoms with Crippen LogP contribution in [0, 0.1) is 0 Å². The Labute approximate surface area is 90.6 Å². The average Bonchev–Trinajstić information content (AvgIpc) is 2.22. The van der Waals surface area contributed by atoms with Gasteiger partial charge in [0, 0.05) is 0 Å². The summed E-state index contributed by atoms with van der Waals surface area (Å²) in [4.78, 5) is 10.1. The Bertz CT molecular complexity index is 244. The quantitative estimate of drug-likeness (QED) is 0.347. The van der Waals surface area contributed by atoms with Gasteiger partial charge in [-0.1, -0.05) is 0 Å². The van der Waals surface area contributed by atoms with Gasteiger partial charge in [-0.05, 0) is 0 Å². The molecule has 0 aromatic heterocycles. The Balaban J connectivity index is 2.44. The highest BCUT2D eigenvalue weighted by Crippen LogP contribution is 2.19. The van der Waals surface area contributed by atoms with Crippen molar-refractivity contribution in [1.82, 2.24) is 0 Å². The van der Waals surface area contributed by atoms with Crippen LogP contribution in [0.25, 0.3) is 0 Å². The van der Waals surface area contributed by atoms with Gasteiger partial charge in [-0.25, -0.2) is 4.79 Å². The van der Waals surface area contributed by atoms with Crippen LogP contribution < -0.4 is 0 Å². The molecule has 1 saturated heterocycles. The highest BCUT2D eigenvalue weighted by atomic mass is 16.6. The summed E-state index contributed by atoms with van der Waals surface area (Å²) in [5.74, 6) is -1.19. The van der Waals surface area contributed by atoms with Crippen molar-refractivity contribution in [3.8, 4) is 0 Å². The number of hydrogen-bond acceptors (Lipinski definition) is 7. The number of hydrogen-bond donors (Lipinski definition) is 5. The number of aliphatic hydroxyl groups excluding tert-OH is 4. The molecule has 0 spiro atoms. The number of ether oxygens (including phenoxy) is 2. The topological polar surface area (TPSA) is 137 Å². The first-order valence-electron chi connectivity index (χ1n) is 4.60. The standard InChI is InChI=1S/C8H14O8/c9-4(10)2-15-1-3-5(11)6(12)7(13)8(14)16-3/h3,5-8,11-14H,1-2H2,(H,9,10)/t3-,5+,6+,7-,8?/m1/s1. The summed E-state index contributed by atoms with van der Waals surface area (Å²) < 4.78 is 9.39. The average molecular weight is 238 g/mol. The maximum absolute atomic E-state index is 10.1. The van der Waals surface area contributed by atoms with E-state index in [-0.39, 0.29) is 6.61 Å². The lowest BCUT2D eigenvalue weighted by Crippen LogP contribution is -2.58. The van der Waals surface area contributed by atoms with Gasteiger partial charge in [-0.2, -0.15) is 0 Å². The van der Waals surface area contributed by atoms with Crippen LogP contribution in [0.5, 0.6) is 0 Å². The smallest absolute Gasteiger partial charge is 0.329 e. The monoisotopic (exact) mass is 238 g/mol. The molecule has 1 heterocycles. The Kier molecular flexibility index (Phi) is 4.59. The van der Waals surface area contributed by atoms with E-state index in [9.17, 15) is 15.0 Å². The molecular weight excluding hydrogens is 224 g/mol. The molecule has 1 aliphatic rings. The van der Waals surface area contributed by atoms with Crippen molar-refractivity contribution in [3.63, 3.8) is 0 Å². The third kappa shape index (κ3) is 3.11. The fourth-order valence-corrected chi connectivity index (χ4v) is 1.33. The molecule has 0 aromatic rings. The maximum atomic E-state index is 10.1. The molecule has 0 amide bonds. The Morgan fingerprint density at radius 1 is 1.12 bits per heavy atom. The number of carboxylic acids is 1. The molecule has 5 atom stereocenters. The number of aliphatic carboxylic acids is 1. The molecule has 1 aliphatic heterocycles. The molecule has 5 N–H and O–H groups in total. The van der Waals surface area contributed by atoms with Gasteiger partial charge >= 0.3 is 5.97 Å². The zero-order chi connectivity index (χ0) is 12.3. The van der Waals surface area contributed by atoms with E-state index in [1.807, 2.05) is 0 Å². The van der Waals surface area contributed by atoms with Crippen LogP contribution in [0.4, 0.5) is 0 Å². The minimum Gasteiger partial charge on any atom is -0.480 e. The summed E-state index contributed by atoms with van der Waals surface area (Å²) in [6.07, 6.45) is -7.36. The second kappa shape index (κ2) is 5.53. The molecule has 0 saturated carbocycles. The van der Waals surface area contributed by atoms with Crippen molar-refractivity contribution in [2.75, 3.05) is 13.2 Å². The van der Waals surface area contributed by atoms with Crippen LogP contribution in [0.1, 0.15) is 0 Å². The Hall–Kier alpha value is -0.770. The third-order valence-corrected chi connectivity index (χ3v) is 2.19. The van der Waals surface area contributed by atoms with Crippen molar-refractivity contribution in [2.45, 2.75) is 30.7 Å². The number of rotatable bonds is 4. The minimum atomic E-state index is -1.64. The first-order chi connectivity index (χ1) is 7.43. The van der Waals surface area contributed by atoms with Crippen molar-refractivity contribution in [1.29, 1.82) is 0 Å². The normalized spacial score (nSPS) is 39.6. The van der Waals surface area contributed by atoms with E-state index in [2.05, 4.69) is 4.74 Å². The SMILES string of the molecule is O=C(O)COC[C@H]1OC(O)[C@H](O)[C@@H](O)[C@H]1O. The zero-order valence-corrected chi connectivity index (χ0v) is 8.26. The Morgan fingerprint density at radius 3 is 2.31 bits per heavy atom. The van der Waals surface area contributed by atoms with Crippen LogP contribution in [-0.4, -0.2) is 75.4 Å². The van der Waals surface area contributed by atoms with Crippen LogP contribution in [0.15, 0.2) is 0 Å². The van der Waals surface area contributed by atoms with E-state index in [4.69, 9.17) is 20.1 Å². The second-order valence-electron chi connectivity index (χ2n) is 3.45. The van der Waals surface area contributed by atoms with E-state index < -0.39 is 43.3 Å². The summed E-state index contributed by atoms with van der Waals surface area (Å²) in [6, 6.07) is 0. The molecule has 1 unspecified atom stereocenters. The lowest BCUT2D eigenvalue weighted by molar-refractivity contribution is -0.288. The zero-order valence-electron chi connectivity index (χ0n) is 8.26. The van der Waals surface area contributed by atoms with Crippen molar-refractivity contribution in [3.05, 3.63) is 0 Å². The Morgan fingerprint density at radius 2 is 1.75 bits per heavy atom. The summed E-state index contributed by atoms with van der Waals surface area (Å²) >= 11 is 0. The lowest BCUT2D eigenvalue weighted by atomic mass is 9.99. The van der Waals surface area contributed by atoms with E-state index in [0.717, 1.165) is 0 Å². The molecule has 0 aliphatic carbocycles. The van der Waals surface area contributed by atoms with Gasteiger partial charge in [0.05, 0.1) is 6.61 Å². The second-order valence-corrected chi connectivity index (χ2v) is 3.45. The van der Waals surface area contributed by atoms with Crippen LogP contribution in [0.3, 0.4) is 0 Å². The summed E-state index contributed by atoms with van der Waals surface area (Å²) in [7, 11) is 0. The minimum absolute atomic E-state index is 0.311. The summed E-state index contributed by atoms with van der Waals surface area (Å²) in [5.41, 5.74) is 0. The van der Waals surface area contributed by atoms with E-state index in [1.165, 1.54) is 0 Å². The predicted molar refractivity (Wildman–Crippen MR) is 47.4 cm³/mol. The number of carbonyl (C=O) groups is 1. The fraction of sp³-hybridized carbons (Fsp3) is 0.875. The molecule has 8 heteroatoms. The van der Waals surface area contributed by atoms with Gasteiger partial charge in [-0.15, -0.1) is 0 Å². The van der Waals surface area contributed by atoms with Gasteiger partial charge in [0.1, 0.15) is 31.0 Å². The maximum Gasteiger partial charge on any atom is 0.329 e. The fourth-order valence-electron chi connectivity index (χ4n) is 1.33. The van der Waals surface area contributed by atoms with Crippen molar-refractivity contribution in [2.24, 2.45) is 0 Å². The summed E-state index contributed by atoms with van der Waals surface area (Å²) in [5, 5.41) is 45.2. The van der Waals surface area contributed by atoms with Gasteiger partial charge in [0.15, 0.2) is 6.29 Å². The van der Waals surface area contributed by atoms with Crippen molar-refractivity contribution < 1.29 is 39.8 Å². The van der Waals surface area contributed by atoms with E-state index >= 15 is 0 Å². The van der Waals surface area contributed by atoms with E-state index in [0.29, 0.717) is 0 Å². The predicted octanol–water partition coefficient (Wildman–Crippen LogP) is -3.11. The van der Waals surface area contributed by atoms with Gasteiger partial charge in [0.2, 0.25) is 0 Å².